The van der Waals surface area contributed by atoms with Crippen molar-refractivity contribution in [3.05, 3.63) is 0 Å². The van der Waals surface area contributed by atoms with Crippen molar-refractivity contribution in [2.45, 2.75) is 25.7 Å². The second-order valence-corrected chi connectivity index (χ2v) is 4.87. The van der Waals surface area contributed by atoms with Crippen molar-refractivity contribution >= 4 is 5.91 Å². The van der Waals surface area contributed by atoms with Crippen molar-refractivity contribution in [2.24, 2.45) is 5.92 Å². The first-order valence-electron chi connectivity index (χ1n) is 6.17. The van der Waals surface area contributed by atoms with Gasteiger partial charge in [-0.3, -0.25) is 4.79 Å². The molecule has 0 aromatic carbocycles. The summed E-state index contributed by atoms with van der Waals surface area (Å²) >= 11 is 0. The highest BCUT2D eigenvalue weighted by molar-refractivity contribution is 5.75. The monoisotopic (exact) mass is 228 g/mol. The van der Waals surface area contributed by atoms with Gasteiger partial charge in [-0.25, -0.2) is 0 Å². The van der Waals surface area contributed by atoms with Crippen LogP contribution < -0.4 is 0 Å². The highest BCUT2D eigenvalue weighted by Gasteiger charge is 2.20. The quantitative estimate of drug-likeness (QED) is 0.748. The van der Waals surface area contributed by atoms with Gasteiger partial charge in [-0.1, -0.05) is 0 Å². The molecule has 0 bridgehead atoms. The number of amides is 1. The summed E-state index contributed by atoms with van der Waals surface area (Å²) in [6, 6.07) is 0. The maximum absolute atomic E-state index is 11.7. The Morgan fingerprint density at radius 2 is 2.31 bits per heavy atom. The van der Waals surface area contributed by atoms with Crippen molar-refractivity contribution in [1.29, 1.82) is 0 Å². The van der Waals surface area contributed by atoms with Gasteiger partial charge in [0.1, 0.15) is 0 Å². The van der Waals surface area contributed by atoms with E-state index < -0.39 is 0 Å². The molecule has 1 heterocycles. The van der Waals surface area contributed by atoms with Crippen molar-refractivity contribution in [3.8, 4) is 0 Å². The molecule has 1 aliphatic heterocycles. The van der Waals surface area contributed by atoms with Crippen LogP contribution in [0, 0.1) is 5.92 Å². The van der Waals surface area contributed by atoms with Gasteiger partial charge in [0.25, 0.3) is 0 Å². The van der Waals surface area contributed by atoms with Gasteiger partial charge in [-0.15, -0.1) is 0 Å². The lowest BCUT2D eigenvalue weighted by Crippen LogP contribution is -2.39. The minimum atomic E-state index is 0.103. The maximum atomic E-state index is 11.7. The number of piperidine rings is 1. The Morgan fingerprint density at radius 1 is 1.56 bits per heavy atom. The Labute approximate surface area is 98.2 Å². The molecule has 1 unspecified atom stereocenters. The number of hydrogen-bond donors (Lipinski definition) is 1. The van der Waals surface area contributed by atoms with Crippen molar-refractivity contribution in [2.75, 3.05) is 40.3 Å². The first-order valence-corrected chi connectivity index (χ1v) is 6.17. The Balaban J connectivity index is 2.26. The highest BCUT2D eigenvalue weighted by atomic mass is 16.3. The summed E-state index contributed by atoms with van der Waals surface area (Å²) in [5.41, 5.74) is 0. The van der Waals surface area contributed by atoms with E-state index in [1.54, 1.807) is 0 Å². The molecule has 4 heteroatoms. The van der Waals surface area contributed by atoms with E-state index in [1.165, 1.54) is 19.4 Å². The van der Waals surface area contributed by atoms with E-state index in [4.69, 9.17) is 5.11 Å². The van der Waals surface area contributed by atoms with Crippen LogP contribution in [0.25, 0.3) is 0 Å². The molecule has 1 N–H and O–H groups in total. The predicted octanol–water partition coefficient (Wildman–Crippen LogP) is 0.559. The molecule has 1 amide bonds. The molecule has 0 aliphatic carbocycles. The Morgan fingerprint density at radius 3 is 2.94 bits per heavy atom. The van der Waals surface area contributed by atoms with E-state index in [1.807, 2.05) is 11.9 Å². The van der Waals surface area contributed by atoms with E-state index >= 15 is 0 Å². The van der Waals surface area contributed by atoms with Crippen LogP contribution in [0.15, 0.2) is 0 Å². The maximum Gasteiger partial charge on any atom is 0.222 e. The summed E-state index contributed by atoms with van der Waals surface area (Å²) in [6.45, 7) is 3.23. The average Bonchev–Trinajstić information content (AvgIpc) is 2.25. The second kappa shape index (κ2) is 6.86. The summed E-state index contributed by atoms with van der Waals surface area (Å²) in [5, 5.41) is 8.68. The largest absolute Gasteiger partial charge is 0.396 e. The first-order chi connectivity index (χ1) is 7.63. The second-order valence-electron chi connectivity index (χ2n) is 4.87. The van der Waals surface area contributed by atoms with Crippen LogP contribution in [-0.4, -0.2) is 61.2 Å². The molecule has 0 aromatic rings. The van der Waals surface area contributed by atoms with Crippen LogP contribution in [0.1, 0.15) is 25.7 Å². The lowest BCUT2D eigenvalue weighted by atomic mass is 9.98. The Hall–Kier alpha value is -0.610. The molecule has 1 aliphatic rings. The molecule has 1 saturated heterocycles. The molecular weight excluding hydrogens is 204 g/mol. The minimum Gasteiger partial charge on any atom is -0.396 e. The van der Waals surface area contributed by atoms with Gasteiger partial charge in [0.05, 0.1) is 0 Å². The fourth-order valence-corrected chi connectivity index (χ4v) is 2.33. The van der Waals surface area contributed by atoms with Gasteiger partial charge in [0.15, 0.2) is 0 Å². The summed E-state index contributed by atoms with van der Waals surface area (Å²) in [4.78, 5) is 15.8. The molecule has 0 radical (unpaired) electrons. The topological polar surface area (TPSA) is 43.8 Å². The number of aliphatic hydroxyl groups excluding tert-OH is 1. The fourth-order valence-electron chi connectivity index (χ4n) is 2.33. The van der Waals surface area contributed by atoms with Gasteiger partial charge in [0, 0.05) is 33.2 Å². The van der Waals surface area contributed by atoms with Gasteiger partial charge in [0.2, 0.25) is 5.91 Å². The van der Waals surface area contributed by atoms with E-state index in [9.17, 15) is 4.79 Å². The number of likely N-dealkylation sites (tertiary alicyclic amines) is 1. The molecule has 0 saturated carbocycles. The van der Waals surface area contributed by atoms with Crippen molar-refractivity contribution in [3.63, 3.8) is 0 Å². The molecule has 0 aromatic heterocycles. The van der Waals surface area contributed by atoms with Gasteiger partial charge in [-0.2, -0.15) is 0 Å². The zero-order valence-corrected chi connectivity index (χ0v) is 10.5. The summed E-state index contributed by atoms with van der Waals surface area (Å²) in [6.07, 6.45) is 3.51. The summed E-state index contributed by atoms with van der Waals surface area (Å²) in [7, 11) is 4.01. The molecule has 4 nitrogen and oxygen atoms in total. The number of rotatable bonds is 5. The third-order valence-corrected chi connectivity index (χ3v) is 3.23. The van der Waals surface area contributed by atoms with Crippen LogP contribution in [0.3, 0.4) is 0 Å². The van der Waals surface area contributed by atoms with Gasteiger partial charge < -0.3 is 14.9 Å². The van der Waals surface area contributed by atoms with Gasteiger partial charge in [-0.05, 0) is 38.8 Å². The van der Waals surface area contributed by atoms with Crippen LogP contribution in [0.5, 0.6) is 0 Å². The first kappa shape index (κ1) is 13.5. The fraction of sp³-hybridized carbons (Fsp3) is 0.917. The van der Waals surface area contributed by atoms with Crippen LogP contribution >= 0.6 is 0 Å². The average molecular weight is 228 g/mol. The Kier molecular flexibility index (Phi) is 5.77. The number of carbonyl (C=O) groups is 1. The van der Waals surface area contributed by atoms with Crippen LogP contribution in [0.4, 0.5) is 0 Å². The third-order valence-electron chi connectivity index (χ3n) is 3.23. The van der Waals surface area contributed by atoms with Crippen molar-refractivity contribution in [1.82, 2.24) is 9.80 Å². The normalized spacial score (nSPS) is 22.1. The minimum absolute atomic E-state index is 0.103. The lowest BCUT2D eigenvalue weighted by Gasteiger charge is -2.32. The number of nitrogens with zero attached hydrogens (tertiary/aromatic N) is 2. The molecule has 1 rings (SSSR count). The summed E-state index contributed by atoms with van der Waals surface area (Å²) in [5.74, 6) is 0.768. The van der Waals surface area contributed by atoms with E-state index in [0.717, 1.165) is 13.1 Å². The molecular formula is C12H24N2O2. The number of aliphatic hydroxyl groups is 1. The lowest BCUT2D eigenvalue weighted by molar-refractivity contribution is -0.131. The molecule has 1 atom stereocenters. The van der Waals surface area contributed by atoms with E-state index in [2.05, 4.69) is 11.9 Å². The van der Waals surface area contributed by atoms with Gasteiger partial charge >= 0.3 is 0 Å². The summed E-state index contributed by atoms with van der Waals surface area (Å²) < 4.78 is 0. The highest BCUT2D eigenvalue weighted by Crippen LogP contribution is 2.16. The predicted molar refractivity (Wildman–Crippen MR) is 64.2 cm³/mol. The smallest absolute Gasteiger partial charge is 0.222 e. The Bertz CT molecular complexity index is 221. The van der Waals surface area contributed by atoms with Crippen molar-refractivity contribution < 1.29 is 9.90 Å². The zero-order valence-electron chi connectivity index (χ0n) is 10.5. The van der Waals surface area contributed by atoms with Crippen LogP contribution in [-0.2, 0) is 4.79 Å². The molecule has 16 heavy (non-hydrogen) atoms. The van der Waals surface area contributed by atoms with E-state index in [-0.39, 0.29) is 12.5 Å². The third kappa shape index (κ3) is 4.49. The molecule has 0 spiro atoms. The zero-order chi connectivity index (χ0) is 12.0. The SMILES string of the molecule is CN1CCCC(CN(C)C(=O)CCCO)C1. The number of carbonyl (C=O) groups excluding carboxylic acids is 1. The molecule has 94 valence electrons. The van der Waals surface area contributed by atoms with E-state index in [0.29, 0.717) is 18.8 Å². The standard InChI is InChI=1S/C12H24N2O2/c1-13-7-3-5-11(9-13)10-14(2)12(16)6-4-8-15/h11,15H,3-10H2,1-2H3. The number of hydrogen-bond acceptors (Lipinski definition) is 3. The van der Waals surface area contributed by atoms with Crippen LogP contribution in [0.2, 0.25) is 0 Å². The molecule has 1 fully saturated rings.